The second kappa shape index (κ2) is 7.99. The van der Waals surface area contributed by atoms with Gasteiger partial charge in [-0.05, 0) is 31.2 Å². The van der Waals surface area contributed by atoms with Crippen molar-refractivity contribution < 1.29 is 14.3 Å². The second-order valence-corrected chi connectivity index (χ2v) is 6.61. The molecule has 6 heteroatoms. The lowest BCUT2D eigenvalue weighted by Crippen LogP contribution is -2.49. The second-order valence-electron chi connectivity index (χ2n) is 6.61. The van der Waals surface area contributed by atoms with Gasteiger partial charge in [0.05, 0.1) is 0 Å². The summed E-state index contributed by atoms with van der Waals surface area (Å²) in [6.07, 6.45) is -0.548. The number of fused-ring (bicyclic) bond motifs is 1. The monoisotopic (exact) mass is 346 g/mol. The Kier molecular flexibility index (Phi) is 5.73. The minimum atomic E-state index is -0.548. The first-order chi connectivity index (χ1) is 12.0. The molecular weight excluding hydrogens is 320 g/mol. The number of aliphatic hydroxyl groups excluding tert-OH is 1. The Morgan fingerprint density at radius 1 is 1.20 bits per heavy atom. The molecule has 0 amide bonds. The molecule has 0 saturated carbocycles. The Morgan fingerprint density at radius 2 is 1.92 bits per heavy atom. The number of hydrogen-bond donors (Lipinski definition) is 1. The van der Waals surface area contributed by atoms with Gasteiger partial charge in [-0.25, -0.2) is 4.79 Å². The van der Waals surface area contributed by atoms with Gasteiger partial charge in [-0.15, -0.1) is 0 Å². The highest BCUT2D eigenvalue weighted by atomic mass is 16.5. The van der Waals surface area contributed by atoms with Gasteiger partial charge in [-0.2, -0.15) is 0 Å². The van der Waals surface area contributed by atoms with Crippen LogP contribution in [-0.2, 0) is 0 Å². The molecule has 1 fully saturated rings. The number of rotatable bonds is 6. The Morgan fingerprint density at radius 3 is 2.64 bits per heavy atom. The lowest BCUT2D eigenvalue weighted by Gasteiger charge is -2.34. The van der Waals surface area contributed by atoms with Gasteiger partial charge in [0.15, 0.2) is 0 Å². The fourth-order valence-corrected chi connectivity index (χ4v) is 3.23. The quantitative estimate of drug-likeness (QED) is 0.799. The molecule has 0 radical (unpaired) electrons. The van der Waals surface area contributed by atoms with Crippen molar-refractivity contribution in [3.05, 3.63) is 40.2 Å². The van der Waals surface area contributed by atoms with Crippen LogP contribution in [0.15, 0.2) is 33.5 Å². The van der Waals surface area contributed by atoms with Crippen LogP contribution < -0.4 is 10.4 Å². The molecule has 25 heavy (non-hydrogen) atoms. The Bertz CT molecular complexity index is 766. The number of likely N-dealkylation sites (N-methyl/N-ethyl adjacent to an activating group) is 1. The van der Waals surface area contributed by atoms with E-state index in [4.69, 9.17) is 9.15 Å². The van der Waals surface area contributed by atoms with Gasteiger partial charge < -0.3 is 19.2 Å². The highest BCUT2D eigenvalue weighted by molar-refractivity contribution is 5.81. The predicted octanol–water partition coefficient (Wildman–Crippen LogP) is 1.48. The van der Waals surface area contributed by atoms with E-state index in [2.05, 4.69) is 16.7 Å². The number of hydrogen-bond acceptors (Lipinski definition) is 6. The van der Waals surface area contributed by atoms with Gasteiger partial charge in [-0.3, -0.25) is 4.90 Å². The van der Waals surface area contributed by atoms with Crippen molar-refractivity contribution >= 4 is 11.0 Å². The third kappa shape index (κ3) is 4.60. The lowest BCUT2D eigenvalue weighted by molar-refractivity contribution is 0.0471. The van der Waals surface area contributed by atoms with Gasteiger partial charge in [0, 0.05) is 50.2 Å². The Hall–Kier alpha value is -1.89. The molecule has 2 aromatic rings. The molecule has 1 aromatic heterocycles. The van der Waals surface area contributed by atoms with E-state index in [1.54, 1.807) is 6.07 Å². The maximum atomic E-state index is 11.5. The first kappa shape index (κ1) is 17.9. The van der Waals surface area contributed by atoms with E-state index >= 15 is 0 Å². The van der Waals surface area contributed by atoms with Crippen molar-refractivity contribution in [2.24, 2.45) is 0 Å². The zero-order chi connectivity index (χ0) is 17.8. The van der Waals surface area contributed by atoms with Crippen molar-refractivity contribution in [3.8, 4) is 5.75 Å². The van der Waals surface area contributed by atoms with Gasteiger partial charge in [0.25, 0.3) is 0 Å². The molecule has 1 aromatic carbocycles. The van der Waals surface area contributed by atoms with E-state index in [-0.39, 0.29) is 12.2 Å². The summed E-state index contributed by atoms with van der Waals surface area (Å²) in [4.78, 5) is 16.2. The van der Waals surface area contributed by atoms with Crippen LogP contribution in [0, 0.1) is 6.92 Å². The average Bonchev–Trinajstić information content (AvgIpc) is 2.60. The van der Waals surface area contributed by atoms with E-state index in [9.17, 15) is 9.90 Å². The zero-order valence-electron chi connectivity index (χ0n) is 14.9. The van der Waals surface area contributed by atoms with E-state index in [0.717, 1.165) is 43.7 Å². The highest BCUT2D eigenvalue weighted by Crippen LogP contribution is 2.22. The minimum Gasteiger partial charge on any atom is -0.491 e. The Labute approximate surface area is 147 Å². The van der Waals surface area contributed by atoms with Crippen LogP contribution >= 0.6 is 0 Å². The van der Waals surface area contributed by atoms with Crippen LogP contribution in [0.25, 0.3) is 11.0 Å². The number of aryl methyl sites for hydroxylation is 1. The van der Waals surface area contributed by atoms with Gasteiger partial charge in [0.1, 0.15) is 24.0 Å². The molecule has 2 heterocycles. The lowest BCUT2D eigenvalue weighted by atomic mass is 10.1. The molecule has 6 nitrogen and oxygen atoms in total. The van der Waals surface area contributed by atoms with Gasteiger partial charge >= 0.3 is 5.63 Å². The van der Waals surface area contributed by atoms with Crippen molar-refractivity contribution in [2.75, 3.05) is 45.9 Å². The summed E-state index contributed by atoms with van der Waals surface area (Å²) in [5, 5.41) is 11.1. The third-order valence-electron chi connectivity index (χ3n) is 4.75. The van der Waals surface area contributed by atoms with Crippen molar-refractivity contribution in [3.63, 3.8) is 0 Å². The molecule has 0 aliphatic carbocycles. The Balaban J connectivity index is 1.54. The number of β-amino-alcohol motifs (C(OH)–C–C–N with tert-alkyl or cyclic N) is 1. The number of benzene rings is 1. The molecule has 1 atom stereocenters. The van der Waals surface area contributed by atoms with Crippen LogP contribution in [0.5, 0.6) is 5.75 Å². The third-order valence-corrected chi connectivity index (χ3v) is 4.75. The van der Waals surface area contributed by atoms with Crippen molar-refractivity contribution in [1.29, 1.82) is 0 Å². The van der Waals surface area contributed by atoms with E-state index in [1.807, 2.05) is 19.1 Å². The van der Waals surface area contributed by atoms with E-state index in [0.29, 0.717) is 17.9 Å². The topological polar surface area (TPSA) is 66.2 Å². The number of piperazine rings is 1. The first-order valence-electron chi connectivity index (χ1n) is 8.85. The van der Waals surface area contributed by atoms with E-state index < -0.39 is 6.10 Å². The zero-order valence-corrected chi connectivity index (χ0v) is 14.9. The molecule has 0 unspecified atom stereocenters. The minimum absolute atomic E-state index is 0.218. The first-order valence-corrected chi connectivity index (χ1v) is 8.85. The van der Waals surface area contributed by atoms with Crippen LogP contribution in [-0.4, -0.2) is 66.9 Å². The summed E-state index contributed by atoms with van der Waals surface area (Å²) in [6, 6.07) is 6.89. The summed E-state index contributed by atoms with van der Waals surface area (Å²) in [6.45, 7) is 10.0. The highest BCUT2D eigenvalue weighted by Gasteiger charge is 2.18. The largest absolute Gasteiger partial charge is 0.491 e. The van der Waals surface area contributed by atoms with Crippen molar-refractivity contribution in [2.45, 2.75) is 20.0 Å². The molecule has 1 N–H and O–H groups in total. The molecule has 0 bridgehead atoms. The summed E-state index contributed by atoms with van der Waals surface area (Å²) in [5.41, 5.74) is 1.02. The average molecular weight is 346 g/mol. The van der Waals surface area contributed by atoms with E-state index in [1.165, 1.54) is 6.07 Å². The van der Waals surface area contributed by atoms with Crippen LogP contribution in [0.4, 0.5) is 0 Å². The maximum absolute atomic E-state index is 11.5. The summed E-state index contributed by atoms with van der Waals surface area (Å²) in [5.74, 6) is 0.594. The predicted molar refractivity (Wildman–Crippen MR) is 97.3 cm³/mol. The normalized spacial score (nSPS) is 17.7. The molecule has 136 valence electrons. The molecule has 3 rings (SSSR count). The molecular formula is C19H26N2O4. The summed E-state index contributed by atoms with van der Waals surface area (Å²) < 4.78 is 10.9. The van der Waals surface area contributed by atoms with Gasteiger partial charge in [-0.1, -0.05) is 6.92 Å². The van der Waals surface area contributed by atoms with Crippen LogP contribution in [0.3, 0.4) is 0 Å². The SMILES string of the molecule is CCN1CCN(C[C@H](O)COc2ccc3c(C)cc(=O)oc3c2)CC1. The molecule has 0 spiro atoms. The summed E-state index contributed by atoms with van der Waals surface area (Å²) in [7, 11) is 0. The number of nitrogens with zero attached hydrogens (tertiary/aromatic N) is 2. The fourth-order valence-electron chi connectivity index (χ4n) is 3.23. The fraction of sp³-hybridized carbons (Fsp3) is 0.526. The molecule has 1 aliphatic rings. The van der Waals surface area contributed by atoms with Crippen LogP contribution in [0.1, 0.15) is 12.5 Å². The number of aliphatic hydroxyl groups is 1. The number of ether oxygens (including phenoxy) is 1. The van der Waals surface area contributed by atoms with Crippen molar-refractivity contribution in [1.82, 2.24) is 9.80 Å². The maximum Gasteiger partial charge on any atom is 0.336 e. The van der Waals surface area contributed by atoms with Gasteiger partial charge in [0.2, 0.25) is 0 Å². The standard InChI is InChI=1S/C19H26N2O4/c1-3-20-6-8-21(9-7-20)12-15(22)13-24-16-4-5-17-14(2)10-19(23)25-18(17)11-16/h4-5,10-11,15,22H,3,6-9,12-13H2,1-2H3/t15-/m0/s1. The van der Waals surface area contributed by atoms with Crippen LogP contribution in [0.2, 0.25) is 0 Å². The molecule has 1 saturated heterocycles. The smallest absolute Gasteiger partial charge is 0.336 e. The summed E-state index contributed by atoms with van der Waals surface area (Å²) >= 11 is 0. The molecule has 1 aliphatic heterocycles.